The Kier molecular flexibility index (Phi) is 3.82. The fraction of sp³-hybridized carbons (Fsp3) is 0.167. The number of rotatable bonds is 2. The maximum absolute atomic E-state index is 9.08. The lowest BCUT2D eigenvalue weighted by Crippen LogP contribution is -2.19. The van der Waals surface area contributed by atoms with Gasteiger partial charge < -0.3 is 5.32 Å². The van der Waals surface area contributed by atoms with Crippen molar-refractivity contribution in [1.82, 2.24) is 4.98 Å². The van der Waals surface area contributed by atoms with E-state index in [1.165, 1.54) is 0 Å². The number of hydrogen-bond acceptors (Lipinski definition) is 3. The monoisotopic (exact) mass is 299 g/mol. The maximum atomic E-state index is 9.08. The van der Waals surface area contributed by atoms with Gasteiger partial charge in [-0.3, -0.25) is 0 Å². The smallest absolute Gasteiger partial charge is 0.207 e. The largest absolute Gasteiger partial charge is 0.365 e. The third kappa shape index (κ3) is 3.17. The van der Waals surface area contributed by atoms with E-state index in [2.05, 4.69) is 16.4 Å². The minimum atomic E-state index is -1.43. The molecule has 6 heteroatoms. The molecule has 1 aromatic carbocycles. The zero-order valence-electron chi connectivity index (χ0n) is 9.12. The molecular weight excluding hydrogens is 293 g/mol. The van der Waals surface area contributed by atoms with Crippen molar-refractivity contribution in [2.45, 2.75) is 3.79 Å². The van der Waals surface area contributed by atoms with Gasteiger partial charge >= 0.3 is 0 Å². The van der Waals surface area contributed by atoms with Crippen LogP contribution in [0.5, 0.6) is 0 Å². The topological polar surface area (TPSA) is 48.7 Å². The number of halogens is 3. The van der Waals surface area contributed by atoms with Crippen LogP contribution >= 0.6 is 34.8 Å². The lowest BCUT2D eigenvalue weighted by molar-refractivity contribution is 1.07. The molecule has 1 aromatic heterocycles. The average molecular weight is 301 g/mol. The molecule has 0 radical (unpaired) electrons. The van der Waals surface area contributed by atoms with E-state index < -0.39 is 3.79 Å². The zero-order chi connectivity index (χ0) is 13.2. The Balaban J connectivity index is 2.40. The van der Waals surface area contributed by atoms with Crippen LogP contribution in [0.25, 0.3) is 10.9 Å². The fourth-order valence-corrected chi connectivity index (χ4v) is 1.72. The molecule has 2 rings (SSSR count). The zero-order valence-corrected chi connectivity index (χ0v) is 11.4. The molecule has 0 aliphatic rings. The van der Waals surface area contributed by atoms with Crippen LogP contribution in [0.1, 0.15) is 5.56 Å². The SMILES string of the molecule is N#Cc1cc2ccccc2nc1NCC(Cl)(Cl)Cl. The van der Waals surface area contributed by atoms with Crippen molar-refractivity contribution in [2.75, 3.05) is 11.9 Å². The number of aromatic nitrogens is 1. The number of anilines is 1. The first-order valence-electron chi connectivity index (χ1n) is 5.10. The summed E-state index contributed by atoms with van der Waals surface area (Å²) in [6.07, 6.45) is 0. The number of nitrogens with zero attached hydrogens (tertiary/aromatic N) is 2. The van der Waals surface area contributed by atoms with E-state index in [-0.39, 0.29) is 6.54 Å². The van der Waals surface area contributed by atoms with Gasteiger partial charge in [0.15, 0.2) is 0 Å². The van der Waals surface area contributed by atoms with Crippen LogP contribution < -0.4 is 5.32 Å². The Labute approximate surface area is 119 Å². The summed E-state index contributed by atoms with van der Waals surface area (Å²) in [6.45, 7) is 0.0810. The highest BCUT2D eigenvalue weighted by molar-refractivity contribution is 6.67. The minimum Gasteiger partial charge on any atom is -0.365 e. The second kappa shape index (κ2) is 5.19. The standard InChI is InChI=1S/C12H8Cl3N3/c13-12(14,15)7-17-11-9(6-16)5-8-3-1-2-4-10(8)18-11/h1-5H,7H2,(H,17,18). The van der Waals surface area contributed by atoms with Crippen molar-refractivity contribution in [3.8, 4) is 6.07 Å². The van der Waals surface area contributed by atoms with Gasteiger partial charge in [-0.05, 0) is 12.1 Å². The highest BCUT2D eigenvalue weighted by Crippen LogP contribution is 2.27. The Hall–Kier alpha value is -1.21. The minimum absolute atomic E-state index is 0.0810. The number of benzene rings is 1. The first-order chi connectivity index (χ1) is 8.49. The first-order valence-corrected chi connectivity index (χ1v) is 6.23. The summed E-state index contributed by atoms with van der Waals surface area (Å²) >= 11 is 17.0. The molecule has 1 heterocycles. The van der Waals surface area contributed by atoms with E-state index in [9.17, 15) is 0 Å². The first kappa shape index (κ1) is 13.2. The van der Waals surface area contributed by atoms with Crippen LogP contribution in [0.3, 0.4) is 0 Å². The van der Waals surface area contributed by atoms with Crippen LogP contribution in [0.4, 0.5) is 5.82 Å². The third-order valence-corrected chi connectivity index (χ3v) is 2.70. The van der Waals surface area contributed by atoms with Gasteiger partial charge in [-0.15, -0.1) is 0 Å². The molecular formula is C12H8Cl3N3. The molecule has 18 heavy (non-hydrogen) atoms. The van der Waals surface area contributed by atoms with Gasteiger partial charge in [0.1, 0.15) is 11.9 Å². The molecule has 0 aliphatic carbocycles. The molecule has 0 unspecified atom stereocenters. The average Bonchev–Trinajstić information content (AvgIpc) is 2.34. The fourth-order valence-electron chi connectivity index (χ4n) is 1.52. The molecule has 3 nitrogen and oxygen atoms in total. The van der Waals surface area contributed by atoms with Crippen molar-refractivity contribution < 1.29 is 0 Å². The quantitative estimate of drug-likeness (QED) is 0.856. The predicted octanol–water partition coefficient (Wildman–Crippen LogP) is 3.89. The van der Waals surface area contributed by atoms with Crippen molar-refractivity contribution in [3.05, 3.63) is 35.9 Å². The summed E-state index contributed by atoms with van der Waals surface area (Å²) in [4.78, 5) is 4.34. The van der Waals surface area contributed by atoms with E-state index in [0.717, 1.165) is 10.9 Å². The third-order valence-electron chi connectivity index (χ3n) is 2.30. The van der Waals surface area contributed by atoms with Crippen LogP contribution in [0, 0.1) is 11.3 Å². The number of nitriles is 1. The summed E-state index contributed by atoms with van der Waals surface area (Å²) in [5, 5.41) is 12.8. The predicted molar refractivity (Wildman–Crippen MR) is 75.2 cm³/mol. The number of nitrogens with one attached hydrogen (secondary N) is 1. The van der Waals surface area contributed by atoms with Gasteiger partial charge in [-0.1, -0.05) is 53.0 Å². The van der Waals surface area contributed by atoms with Gasteiger partial charge in [0, 0.05) is 5.39 Å². The van der Waals surface area contributed by atoms with Gasteiger partial charge in [0.2, 0.25) is 3.79 Å². The molecule has 0 amide bonds. The van der Waals surface area contributed by atoms with Crippen molar-refractivity contribution in [3.63, 3.8) is 0 Å². The van der Waals surface area contributed by atoms with Crippen LogP contribution in [0.15, 0.2) is 30.3 Å². The summed E-state index contributed by atoms with van der Waals surface area (Å²) < 4.78 is -1.43. The molecule has 0 aliphatic heterocycles. The summed E-state index contributed by atoms with van der Waals surface area (Å²) in [7, 11) is 0. The highest BCUT2D eigenvalue weighted by atomic mass is 35.6. The number of hydrogen-bond donors (Lipinski definition) is 1. The van der Waals surface area contributed by atoms with E-state index in [1.54, 1.807) is 6.07 Å². The van der Waals surface area contributed by atoms with Gasteiger partial charge in [0.05, 0.1) is 17.6 Å². The number of pyridine rings is 1. The van der Waals surface area contributed by atoms with Gasteiger partial charge in [-0.25, -0.2) is 4.98 Å². The van der Waals surface area contributed by atoms with Crippen LogP contribution in [0.2, 0.25) is 0 Å². The maximum Gasteiger partial charge on any atom is 0.207 e. The molecule has 92 valence electrons. The number of alkyl halides is 3. The molecule has 1 N–H and O–H groups in total. The molecule has 2 aromatic rings. The van der Waals surface area contributed by atoms with Crippen molar-refractivity contribution >= 4 is 51.5 Å². The number of fused-ring (bicyclic) bond motifs is 1. The molecule has 0 atom stereocenters. The summed E-state index contributed by atoms with van der Waals surface area (Å²) in [5.74, 6) is 0.419. The molecule has 0 fully saturated rings. The van der Waals surface area contributed by atoms with E-state index in [4.69, 9.17) is 40.1 Å². The van der Waals surface area contributed by atoms with Crippen molar-refractivity contribution in [2.24, 2.45) is 0 Å². The second-order valence-electron chi connectivity index (χ2n) is 3.66. The Morgan fingerprint density at radius 2 is 2.00 bits per heavy atom. The molecule has 0 bridgehead atoms. The van der Waals surface area contributed by atoms with Crippen LogP contribution in [-0.2, 0) is 0 Å². The molecule has 0 spiro atoms. The van der Waals surface area contributed by atoms with E-state index >= 15 is 0 Å². The second-order valence-corrected chi connectivity index (χ2v) is 6.17. The Bertz CT molecular complexity index is 614. The van der Waals surface area contributed by atoms with Crippen molar-refractivity contribution in [1.29, 1.82) is 5.26 Å². The Morgan fingerprint density at radius 1 is 1.28 bits per heavy atom. The Morgan fingerprint density at radius 3 is 2.67 bits per heavy atom. The van der Waals surface area contributed by atoms with E-state index in [1.807, 2.05) is 24.3 Å². The molecule has 0 saturated heterocycles. The lowest BCUT2D eigenvalue weighted by atomic mass is 10.1. The molecule has 0 saturated carbocycles. The summed E-state index contributed by atoms with van der Waals surface area (Å²) in [6, 6.07) is 11.3. The van der Waals surface area contributed by atoms with Crippen LogP contribution in [-0.4, -0.2) is 15.3 Å². The van der Waals surface area contributed by atoms with Gasteiger partial charge in [0.25, 0.3) is 0 Å². The van der Waals surface area contributed by atoms with Gasteiger partial charge in [-0.2, -0.15) is 5.26 Å². The highest BCUT2D eigenvalue weighted by Gasteiger charge is 2.20. The summed E-state index contributed by atoms with van der Waals surface area (Å²) in [5.41, 5.74) is 1.20. The lowest BCUT2D eigenvalue weighted by Gasteiger charge is -2.13. The normalized spacial score (nSPS) is 11.2. The number of para-hydroxylation sites is 1. The van der Waals surface area contributed by atoms with E-state index in [0.29, 0.717) is 11.4 Å².